The fourth-order valence-corrected chi connectivity index (χ4v) is 5.95. The molecule has 1 saturated carbocycles. The van der Waals surface area contributed by atoms with Gasteiger partial charge in [0.05, 0.1) is 6.33 Å². The summed E-state index contributed by atoms with van der Waals surface area (Å²) >= 11 is 0. The fourth-order valence-electron chi connectivity index (χ4n) is 5.95. The van der Waals surface area contributed by atoms with Gasteiger partial charge in [-0.25, -0.2) is 19.7 Å². The summed E-state index contributed by atoms with van der Waals surface area (Å²) in [5.41, 5.74) is 7.33. The summed E-state index contributed by atoms with van der Waals surface area (Å²) in [5.74, 6) is 7.20. The van der Waals surface area contributed by atoms with Crippen molar-refractivity contribution in [2.75, 3.05) is 18.8 Å². The van der Waals surface area contributed by atoms with Gasteiger partial charge < -0.3 is 25.4 Å². The molecule has 11 heteroatoms. The SMILES string of the molecule is CC(C)(OC(=O)N1CCC(CC#Cc2nc(N)c3ncn(C4CCC(C(=O)NC5CC5)O4)c3n2)CC1)C(C)(C)c1ccccc1. The van der Waals surface area contributed by atoms with Crippen LogP contribution in [0.3, 0.4) is 0 Å². The quantitative estimate of drug-likeness (QED) is 0.366. The number of likely N-dealkylation sites (tertiary alicyclic amines) is 1. The number of amides is 2. The molecule has 2 unspecified atom stereocenters. The van der Waals surface area contributed by atoms with Crippen LogP contribution in [0.2, 0.25) is 0 Å². The molecular weight excluding hydrogens is 570 g/mol. The van der Waals surface area contributed by atoms with Crippen molar-refractivity contribution < 1.29 is 19.1 Å². The lowest BCUT2D eigenvalue weighted by Crippen LogP contribution is -2.50. The molecule has 238 valence electrons. The van der Waals surface area contributed by atoms with Crippen LogP contribution in [-0.2, 0) is 19.7 Å². The van der Waals surface area contributed by atoms with E-state index < -0.39 is 11.7 Å². The van der Waals surface area contributed by atoms with Crippen LogP contribution >= 0.6 is 0 Å². The molecule has 0 radical (unpaired) electrons. The van der Waals surface area contributed by atoms with Crippen LogP contribution in [0.15, 0.2) is 36.7 Å². The first kappa shape index (κ1) is 30.8. The lowest BCUT2D eigenvalue weighted by molar-refractivity contribution is -0.134. The molecule has 0 bridgehead atoms. The second-order valence-corrected chi connectivity index (χ2v) is 13.5. The Balaban J connectivity index is 1.03. The maximum absolute atomic E-state index is 13.1. The highest BCUT2D eigenvalue weighted by Gasteiger charge is 2.43. The molecule has 3 aromatic rings. The van der Waals surface area contributed by atoms with Crippen molar-refractivity contribution in [1.82, 2.24) is 29.7 Å². The van der Waals surface area contributed by atoms with E-state index >= 15 is 0 Å². The highest BCUT2D eigenvalue weighted by Crippen LogP contribution is 2.38. The minimum absolute atomic E-state index is 0.0521. The Bertz CT molecular complexity index is 1610. The summed E-state index contributed by atoms with van der Waals surface area (Å²) in [4.78, 5) is 40.8. The molecule has 4 heterocycles. The second-order valence-electron chi connectivity index (χ2n) is 13.5. The molecule has 3 fully saturated rings. The number of nitrogens with zero attached hydrogens (tertiary/aromatic N) is 5. The molecule has 2 aromatic heterocycles. The van der Waals surface area contributed by atoms with Crippen LogP contribution in [0.5, 0.6) is 0 Å². The van der Waals surface area contributed by atoms with E-state index in [1.165, 1.54) is 0 Å². The Morgan fingerprint density at radius 3 is 2.49 bits per heavy atom. The molecule has 45 heavy (non-hydrogen) atoms. The Hall–Kier alpha value is -4.17. The number of carbonyl (C=O) groups is 2. The zero-order valence-corrected chi connectivity index (χ0v) is 26.6. The maximum Gasteiger partial charge on any atom is 0.410 e. The third kappa shape index (κ3) is 6.61. The number of aromatic nitrogens is 4. The van der Waals surface area contributed by atoms with Gasteiger partial charge in [0.25, 0.3) is 0 Å². The van der Waals surface area contributed by atoms with Crippen LogP contribution in [-0.4, -0.2) is 67.3 Å². The van der Waals surface area contributed by atoms with Gasteiger partial charge in [-0.05, 0) is 69.8 Å². The van der Waals surface area contributed by atoms with Crippen molar-refractivity contribution in [1.29, 1.82) is 0 Å². The van der Waals surface area contributed by atoms with E-state index in [1.54, 1.807) is 11.2 Å². The Labute approximate surface area is 264 Å². The zero-order chi connectivity index (χ0) is 31.8. The van der Waals surface area contributed by atoms with E-state index in [4.69, 9.17) is 15.2 Å². The first-order valence-corrected chi connectivity index (χ1v) is 16.0. The predicted molar refractivity (Wildman–Crippen MR) is 170 cm³/mol. The number of anilines is 1. The number of nitrogens with two attached hydrogens (primary N) is 1. The van der Waals surface area contributed by atoms with Crippen molar-refractivity contribution in [3.8, 4) is 11.8 Å². The number of nitrogens with one attached hydrogen (secondary N) is 1. The van der Waals surface area contributed by atoms with Crippen LogP contribution in [0, 0.1) is 17.8 Å². The lowest BCUT2D eigenvalue weighted by atomic mass is 9.72. The molecule has 2 saturated heterocycles. The number of carbonyl (C=O) groups excluding carboxylic acids is 2. The topological polar surface area (TPSA) is 137 Å². The molecule has 3 N–H and O–H groups in total. The van der Waals surface area contributed by atoms with E-state index in [2.05, 4.69) is 58.1 Å². The normalized spacial score (nSPS) is 20.9. The van der Waals surface area contributed by atoms with Gasteiger partial charge in [-0.3, -0.25) is 9.36 Å². The van der Waals surface area contributed by atoms with E-state index in [0.717, 1.165) is 31.2 Å². The van der Waals surface area contributed by atoms with Gasteiger partial charge in [0.15, 0.2) is 11.5 Å². The monoisotopic (exact) mass is 613 g/mol. The molecule has 0 spiro atoms. The first-order chi connectivity index (χ1) is 21.5. The highest BCUT2D eigenvalue weighted by molar-refractivity contribution is 5.83. The zero-order valence-electron chi connectivity index (χ0n) is 26.6. The number of piperidine rings is 1. The van der Waals surface area contributed by atoms with E-state index in [0.29, 0.717) is 61.3 Å². The van der Waals surface area contributed by atoms with E-state index in [1.807, 2.05) is 36.6 Å². The van der Waals surface area contributed by atoms with Gasteiger partial charge in [0, 0.05) is 31.0 Å². The Morgan fingerprint density at radius 2 is 1.78 bits per heavy atom. The van der Waals surface area contributed by atoms with Crippen molar-refractivity contribution in [2.24, 2.45) is 5.92 Å². The summed E-state index contributed by atoms with van der Waals surface area (Å²) in [7, 11) is 0. The fraction of sp³-hybridized carbons (Fsp3) is 0.559. The Morgan fingerprint density at radius 1 is 1.04 bits per heavy atom. The van der Waals surface area contributed by atoms with Gasteiger partial charge in [0.2, 0.25) is 11.7 Å². The molecule has 2 amide bonds. The molecule has 3 aliphatic rings. The molecule has 1 aliphatic carbocycles. The van der Waals surface area contributed by atoms with Crippen molar-refractivity contribution >= 4 is 29.0 Å². The minimum atomic E-state index is -0.692. The third-order valence-corrected chi connectivity index (χ3v) is 9.78. The number of benzene rings is 1. The smallest absolute Gasteiger partial charge is 0.410 e. The number of fused-ring (bicyclic) bond motifs is 1. The number of imidazole rings is 1. The number of hydrogen-bond donors (Lipinski definition) is 2. The van der Waals surface area contributed by atoms with Crippen LogP contribution < -0.4 is 11.1 Å². The summed E-state index contributed by atoms with van der Waals surface area (Å²) < 4.78 is 14.0. The molecule has 1 aromatic carbocycles. The molecular formula is C34H43N7O4. The molecule has 11 nitrogen and oxygen atoms in total. The van der Waals surface area contributed by atoms with E-state index in [-0.39, 0.29) is 29.5 Å². The Kier molecular flexibility index (Phi) is 8.44. The van der Waals surface area contributed by atoms with Gasteiger partial charge in [-0.1, -0.05) is 50.1 Å². The third-order valence-electron chi connectivity index (χ3n) is 9.78. The van der Waals surface area contributed by atoms with Gasteiger partial charge in [-0.2, -0.15) is 0 Å². The summed E-state index contributed by atoms with van der Waals surface area (Å²) in [5, 5.41) is 3.02. The number of hydrogen-bond acceptors (Lipinski definition) is 8. The standard InChI is InChI=1S/C34H43N7O4/c1-33(2,23-10-6-5-7-11-23)34(3,4)45-32(43)40-19-17-22(18-20-40)9-8-12-26-38-29(35)28-30(39-26)41(21-36-28)27-16-15-25(44-27)31(42)37-24-13-14-24/h5-7,10-11,21-22,24-25,27H,9,13-20H2,1-4H3,(H,37,42)(H2,35,38,39). The maximum atomic E-state index is 13.1. The van der Waals surface area contributed by atoms with Gasteiger partial charge in [-0.15, -0.1) is 0 Å². The van der Waals surface area contributed by atoms with Gasteiger partial charge in [0.1, 0.15) is 23.4 Å². The largest absolute Gasteiger partial charge is 0.442 e. The van der Waals surface area contributed by atoms with Crippen LogP contribution in [0.1, 0.15) is 90.3 Å². The summed E-state index contributed by atoms with van der Waals surface area (Å²) in [6, 6.07) is 10.5. The molecule has 2 aliphatic heterocycles. The summed E-state index contributed by atoms with van der Waals surface area (Å²) in [6.45, 7) is 9.43. The number of ether oxygens (including phenoxy) is 2. The lowest BCUT2D eigenvalue weighted by Gasteiger charge is -2.43. The molecule has 2 atom stereocenters. The highest BCUT2D eigenvalue weighted by atomic mass is 16.6. The average Bonchev–Trinajstić information content (AvgIpc) is 3.51. The first-order valence-electron chi connectivity index (χ1n) is 16.0. The average molecular weight is 614 g/mol. The van der Waals surface area contributed by atoms with Crippen molar-refractivity contribution in [2.45, 2.75) is 102 Å². The van der Waals surface area contributed by atoms with Crippen LogP contribution in [0.4, 0.5) is 10.6 Å². The van der Waals surface area contributed by atoms with Crippen molar-refractivity contribution in [3.05, 3.63) is 48.0 Å². The number of rotatable bonds is 7. The minimum Gasteiger partial charge on any atom is -0.442 e. The second kappa shape index (κ2) is 12.3. The van der Waals surface area contributed by atoms with Gasteiger partial charge >= 0.3 is 6.09 Å². The number of nitrogen functional groups attached to an aromatic ring is 1. The van der Waals surface area contributed by atoms with Crippen molar-refractivity contribution in [3.63, 3.8) is 0 Å². The van der Waals surface area contributed by atoms with E-state index in [9.17, 15) is 9.59 Å². The predicted octanol–water partition coefficient (Wildman–Crippen LogP) is 4.71. The van der Waals surface area contributed by atoms with Crippen LogP contribution in [0.25, 0.3) is 11.2 Å². The summed E-state index contributed by atoms with van der Waals surface area (Å²) in [6.07, 6.45) is 6.27. The molecule has 6 rings (SSSR count).